The van der Waals surface area contributed by atoms with Crippen molar-refractivity contribution in [2.75, 3.05) is 13.1 Å². The van der Waals surface area contributed by atoms with Gasteiger partial charge in [0.1, 0.15) is 11.5 Å². The molecule has 1 saturated heterocycles. The van der Waals surface area contributed by atoms with Crippen LogP contribution in [0.1, 0.15) is 71.2 Å². The molecule has 1 amide bonds. The third-order valence-corrected chi connectivity index (χ3v) is 7.20. The fourth-order valence-electron chi connectivity index (χ4n) is 5.32. The first-order chi connectivity index (χ1) is 14.5. The number of likely N-dealkylation sites (tertiary alicyclic amines) is 1. The van der Waals surface area contributed by atoms with Gasteiger partial charge in [0.05, 0.1) is 17.0 Å². The van der Waals surface area contributed by atoms with Crippen LogP contribution < -0.4 is 5.56 Å². The molecule has 154 valence electrons. The number of aromatic amines is 1. The fraction of sp³-hybridized carbons (Fsp3) is 0.478. The number of piperidine rings is 1. The number of aromatic nitrogens is 4. The summed E-state index contributed by atoms with van der Waals surface area (Å²) < 4.78 is 1.91. The average molecular weight is 403 g/mol. The van der Waals surface area contributed by atoms with Crippen LogP contribution in [-0.2, 0) is 11.8 Å². The Balaban J connectivity index is 1.27. The van der Waals surface area contributed by atoms with Crippen molar-refractivity contribution in [2.24, 2.45) is 0 Å². The number of aryl methyl sites for hydroxylation is 1. The standard InChI is InChI=1S/C23H25N5O2/c1-14-13-28-10-2-3-17(20(28)24-14)22(30)27-11-8-23(9-12-27)7-6-16-18(23)25-19(15-4-5-15)26-21(16)29/h2-3,10,13,15H,4-9,11-12H2,1H3,(H,25,26,29). The number of H-pyrrole nitrogens is 1. The summed E-state index contributed by atoms with van der Waals surface area (Å²) in [6, 6.07) is 3.76. The van der Waals surface area contributed by atoms with E-state index < -0.39 is 0 Å². The number of rotatable bonds is 2. The number of carbonyl (C=O) groups excluding carboxylic acids is 1. The number of pyridine rings is 1. The van der Waals surface area contributed by atoms with Gasteiger partial charge in [-0.15, -0.1) is 0 Å². The van der Waals surface area contributed by atoms with E-state index in [0.717, 1.165) is 61.3 Å². The Morgan fingerprint density at radius 3 is 2.77 bits per heavy atom. The average Bonchev–Trinajstić information content (AvgIpc) is 3.44. The lowest BCUT2D eigenvalue weighted by Crippen LogP contribution is -2.45. The minimum Gasteiger partial charge on any atom is -0.338 e. The molecular weight excluding hydrogens is 378 g/mol. The van der Waals surface area contributed by atoms with Crippen LogP contribution in [0.3, 0.4) is 0 Å². The lowest BCUT2D eigenvalue weighted by Gasteiger charge is -2.39. The molecule has 7 nitrogen and oxygen atoms in total. The van der Waals surface area contributed by atoms with Gasteiger partial charge in [-0.25, -0.2) is 9.97 Å². The Hall–Kier alpha value is -2.96. The first kappa shape index (κ1) is 17.9. The summed E-state index contributed by atoms with van der Waals surface area (Å²) in [6.07, 6.45) is 9.59. The SMILES string of the molecule is Cc1cn2cccc(C(=O)N3CCC4(CCc5c4nc(C4CC4)[nH]c5=O)CC3)c2n1. The molecule has 3 aliphatic rings. The minimum atomic E-state index is -0.0556. The highest BCUT2D eigenvalue weighted by atomic mass is 16.2. The highest BCUT2D eigenvalue weighted by molar-refractivity contribution is 5.99. The van der Waals surface area contributed by atoms with Crippen molar-refractivity contribution in [2.45, 2.75) is 56.8 Å². The molecule has 0 atom stereocenters. The largest absolute Gasteiger partial charge is 0.338 e. The third kappa shape index (κ3) is 2.64. The van der Waals surface area contributed by atoms with Crippen molar-refractivity contribution in [3.63, 3.8) is 0 Å². The van der Waals surface area contributed by atoms with Crippen LogP contribution in [0.15, 0.2) is 29.3 Å². The smallest absolute Gasteiger partial charge is 0.257 e. The van der Waals surface area contributed by atoms with Crippen LogP contribution in [0.2, 0.25) is 0 Å². The predicted octanol–water partition coefficient (Wildman–Crippen LogP) is 2.72. The molecule has 3 aromatic heterocycles. The lowest BCUT2D eigenvalue weighted by atomic mass is 9.76. The van der Waals surface area contributed by atoms with Gasteiger partial charge >= 0.3 is 0 Å². The van der Waals surface area contributed by atoms with Crippen LogP contribution in [0, 0.1) is 6.92 Å². The number of amides is 1. The van der Waals surface area contributed by atoms with E-state index in [1.807, 2.05) is 40.8 Å². The molecule has 6 rings (SSSR count). The highest BCUT2D eigenvalue weighted by Gasteiger charge is 2.45. The lowest BCUT2D eigenvalue weighted by molar-refractivity contribution is 0.0664. The Bertz CT molecular complexity index is 1230. The van der Waals surface area contributed by atoms with Crippen LogP contribution >= 0.6 is 0 Å². The van der Waals surface area contributed by atoms with Gasteiger partial charge in [-0.1, -0.05) is 0 Å². The topological polar surface area (TPSA) is 83.4 Å². The van der Waals surface area contributed by atoms with E-state index in [0.29, 0.717) is 30.2 Å². The second-order valence-corrected chi connectivity index (χ2v) is 9.16. The summed E-state index contributed by atoms with van der Waals surface area (Å²) in [7, 11) is 0. The van der Waals surface area contributed by atoms with Crippen molar-refractivity contribution in [1.29, 1.82) is 0 Å². The van der Waals surface area contributed by atoms with Crippen LogP contribution in [-0.4, -0.2) is 43.2 Å². The van der Waals surface area contributed by atoms with Gasteiger partial charge < -0.3 is 14.3 Å². The van der Waals surface area contributed by atoms with E-state index in [4.69, 9.17) is 4.98 Å². The van der Waals surface area contributed by atoms with Crippen molar-refractivity contribution >= 4 is 11.6 Å². The number of nitrogens with zero attached hydrogens (tertiary/aromatic N) is 4. The Morgan fingerprint density at radius 1 is 1.20 bits per heavy atom. The number of hydrogen-bond donors (Lipinski definition) is 1. The van der Waals surface area contributed by atoms with Gasteiger partial charge in [-0.2, -0.15) is 0 Å². The molecule has 7 heteroatoms. The van der Waals surface area contributed by atoms with E-state index in [1.165, 1.54) is 0 Å². The predicted molar refractivity (Wildman–Crippen MR) is 112 cm³/mol. The molecule has 0 unspecified atom stereocenters. The number of imidazole rings is 1. The quantitative estimate of drug-likeness (QED) is 0.713. The number of fused-ring (bicyclic) bond motifs is 3. The summed E-state index contributed by atoms with van der Waals surface area (Å²) in [6.45, 7) is 3.31. The second-order valence-electron chi connectivity index (χ2n) is 9.16. The van der Waals surface area contributed by atoms with Gasteiger partial charge in [0.25, 0.3) is 11.5 Å². The monoisotopic (exact) mass is 403 g/mol. The van der Waals surface area contributed by atoms with Crippen LogP contribution in [0.5, 0.6) is 0 Å². The summed E-state index contributed by atoms with van der Waals surface area (Å²) in [5.41, 5.74) is 4.16. The Labute approximate surface area is 174 Å². The maximum atomic E-state index is 13.3. The molecule has 2 fully saturated rings. The Morgan fingerprint density at radius 2 is 2.00 bits per heavy atom. The van der Waals surface area contributed by atoms with Crippen LogP contribution in [0.4, 0.5) is 0 Å². The maximum absolute atomic E-state index is 13.3. The van der Waals surface area contributed by atoms with Crippen molar-refractivity contribution < 1.29 is 4.79 Å². The molecule has 0 radical (unpaired) electrons. The first-order valence-electron chi connectivity index (χ1n) is 10.9. The second kappa shape index (κ2) is 6.27. The maximum Gasteiger partial charge on any atom is 0.257 e. The molecule has 3 aromatic rings. The Kier molecular flexibility index (Phi) is 3.73. The van der Waals surface area contributed by atoms with E-state index in [9.17, 15) is 9.59 Å². The van der Waals surface area contributed by atoms with Crippen LogP contribution in [0.25, 0.3) is 5.65 Å². The number of nitrogens with one attached hydrogen (secondary N) is 1. The minimum absolute atomic E-state index is 0.0387. The number of carbonyl (C=O) groups is 1. The molecular formula is C23H25N5O2. The zero-order valence-electron chi connectivity index (χ0n) is 17.1. The molecule has 4 heterocycles. The van der Waals surface area contributed by atoms with Gasteiger partial charge in [0, 0.05) is 42.4 Å². The van der Waals surface area contributed by atoms with Crippen molar-refractivity contribution in [3.8, 4) is 0 Å². The molecule has 1 aliphatic heterocycles. The van der Waals surface area contributed by atoms with E-state index in [-0.39, 0.29) is 16.9 Å². The van der Waals surface area contributed by atoms with E-state index >= 15 is 0 Å². The summed E-state index contributed by atoms with van der Waals surface area (Å²) in [4.78, 5) is 40.3. The summed E-state index contributed by atoms with van der Waals surface area (Å²) in [5, 5.41) is 0. The molecule has 1 saturated carbocycles. The van der Waals surface area contributed by atoms with Crippen molar-refractivity contribution in [3.05, 3.63) is 63.2 Å². The first-order valence-corrected chi connectivity index (χ1v) is 10.9. The summed E-state index contributed by atoms with van der Waals surface area (Å²) >= 11 is 0. The number of hydrogen-bond acceptors (Lipinski definition) is 4. The molecule has 1 N–H and O–H groups in total. The molecule has 1 spiro atoms. The molecule has 0 aromatic carbocycles. The van der Waals surface area contributed by atoms with Gasteiger partial charge in [-0.3, -0.25) is 9.59 Å². The molecule has 2 aliphatic carbocycles. The normalized spacial score (nSPS) is 20.1. The van der Waals surface area contributed by atoms with Crippen molar-refractivity contribution in [1.82, 2.24) is 24.3 Å². The molecule has 0 bridgehead atoms. The zero-order valence-corrected chi connectivity index (χ0v) is 17.1. The highest BCUT2D eigenvalue weighted by Crippen LogP contribution is 2.46. The summed E-state index contributed by atoms with van der Waals surface area (Å²) in [5.74, 6) is 1.34. The molecule has 30 heavy (non-hydrogen) atoms. The van der Waals surface area contributed by atoms with Gasteiger partial charge in [-0.05, 0) is 57.6 Å². The van der Waals surface area contributed by atoms with E-state index in [2.05, 4.69) is 9.97 Å². The van der Waals surface area contributed by atoms with Gasteiger partial charge in [0.15, 0.2) is 0 Å². The fourth-order valence-corrected chi connectivity index (χ4v) is 5.32. The third-order valence-electron chi connectivity index (χ3n) is 7.20. The van der Waals surface area contributed by atoms with E-state index in [1.54, 1.807) is 0 Å². The zero-order chi connectivity index (χ0) is 20.5. The van der Waals surface area contributed by atoms with Gasteiger partial charge in [0.2, 0.25) is 0 Å².